The fourth-order valence-corrected chi connectivity index (χ4v) is 2.42. The van der Waals surface area contributed by atoms with E-state index >= 15 is 0 Å². The summed E-state index contributed by atoms with van der Waals surface area (Å²) in [6, 6.07) is 3.18. The molecule has 0 atom stereocenters. The minimum atomic E-state index is -0.200. The molecular formula is C12H13ClN4OS. The van der Waals surface area contributed by atoms with Crippen molar-refractivity contribution in [1.82, 2.24) is 15.3 Å². The van der Waals surface area contributed by atoms with Crippen molar-refractivity contribution in [1.29, 1.82) is 0 Å². The van der Waals surface area contributed by atoms with Gasteiger partial charge in [0, 0.05) is 23.7 Å². The largest absolute Gasteiger partial charge is 0.373 e. The zero-order chi connectivity index (χ0) is 13.8. The van der Waals surface area contributed by atoms with Crippen LogP contribution in [0.3, 0.4) is 0 Å². The van der Waals surface area contributed by atoms with Gasteiger partial charge in [-0.1, -0.05) is 11.6 Å². The molecule has 0 unspecified atom stereocenters. The van der Waals surface area contributed by atoms with Crippen LogP contribution in [0.25, 0.3) is 0 Å². The summed E-state index contributed by atoms with van der Waals surface area (Å²) in [7, 11) is 1.72. The molecule has 19 heavy (non-hydrogen) atoms. The van der Waals surface area contributed by atoms with Gasteiger partial charge in [-0.2, -0.15) is 0 Å². The predicted molar refractivity (Wildman–Crippen MR) is 76.8 cm³/mol. The van der Waals surface area contributed by atoms with Gasteiger partial charge in [-0.25, -0.2) is 9.97 Å². The molecule has 5 nitrogen and oxygen atoms in total. The van der Waals surface area contributed by atoms with Gasteiger partial charge in [0.2, 0.25) is 0 Å². The number of amides is 1. The second-order valence-corrected chi connectivity index (χ2v) is 5.21. The van der Waals surface area contributed by atoms with Crippen LogP contribution >= 0.6 is 22.9 Å². The summed E-state index contributed by atoms with van der Waals surface area (Å²) < 4.78 is 0. The molecule has 2 aromatic heterocycles. The van der Waals surface area contributed by atoms with Crippen molar-refractivity contribution in [3.8, 4) is 0 Å². The number of anilines is 1. The molecule has 0 radical (unpaired) electrons. The minimum Gasteiger partial charge on any atom is -0.373 e. The first-order chi connectivity index (χ1) is 9.08. The van der Waals surface area contributed by atoms with Crippen LogP contribution in [-0.4, -0.2) is 22.9 Å². The number of carbonyl (C=O) groups excluding carboxylic acids is 1. The van der Waals surface area contributed by atoms with Gasteiger partial charge in [-0.3, -0.25) is 4.79 Å². The highest BCUT2D eigenvalue weighted by Crippen LogP contribution is 2.14. The van der Waals surface area contributed by atoms with Crippen molar-refractivity contribution < 1.29 is 4.79 Å². The zero-order valence-electron chi connectivity index (χ0n) is 10.5. The Labute approximate surface area is 120 Å². The van der Waals surface area contributed by atoms with Crippen LogP contribution in [0.2, 0.25) is 5.15 Å². The third-order valence-corrected chi connectivity index (χ3v) is 3.54. The lowest BCUT2D eigenvalue weighted by Crippen LogP contribution is -2.23. The first kappa shape index (κ1) is 13.8. The van der Waals surface area contributed by atoms with Crippen molar-refractivity contribution in [2.45, 2.75) is 13.5 Å². The molecule has 2 heterocycles. The smallest absolute Gasteiger partial charge is 0.251 e. The van der Waals surface area contributed by atoms with Gasteiger partial charge < -0.3 is 10.6 Å². The summed E-state index contributed by atoms with van der Waals surface area (Å²) in [5, 5.41) is 8.76. The van der Waals surface area contributed by atoms with Gasteiger partial charge in [-0.15, -0.1) is 11.3 Å². The predicted octanol–water partition coefficient (Wildman–Crippen LogP) is 2.47. The third kappa shape index (κ3) is 3.65. The van der Waals surface area contributed by atoms with E-state index in [9.17, 15) is 4.79 Å². The molecule has 0 fully saturated rings. The third-order valence-electron chi connectivity index (χ3n) is 2.38. The van der Waals surface area contributed by atoms with Crippen LogP contribution in [0.15, 0.2) is 17.5 Å². The second kappa shape index (κ2) is 5.99. The summed E-state index contributed by atoms with van der Waals surface area (Å²) in [5.74, 6) is 0.358. The highest BCUT2D eigenvalue weighted by molar-refractivity contribution is 7.09. The molecule has 2 aromatic rings. The van der Waals surface area contributed by atoms with Gasteiger partial charge in [0.15, 0.2) is 0 Å². The Hall–Kier alpha value is -1.66. The highest BCUT2D eigenvalue weighted by Gasteiger charge is 2.09. The topological polar surface area (TPSA) is 66.9 Å². The van der Waals surface area contributed by atoms with Gasteiger partial charge in [0.1, 0.15) is 16.0 Å². The van der Waals surface area contributed by atoms with Crippen LogP contribution in [0.4, 0.5) is 5.82 Å². The number of nitrogens with zero attached hydrogens (tertiary/aromatic N) is 2. The molecule has 1 amide bonds. The molecule has 0 aromatic carbocycles. The quantitative estimate of drug-likeness (QED) is 0.851. The average Bonchev–Trinajstić information content (AvgIpc) is 2.81. The van der Waals surface area contributed by atoms with Crippen molar-refractivity contribution in [3.63, 3.8) is 0 Å². The standard InChI is InChI=1S/C12H13ClN4OS/c1-7-6-19-11(16-7)5-15-12(18)8-3-9(13)17-10(4-8)14-2/h3-4,6H,5H2,1-2H3,(H,14,17)(H,15,18). The Balaban J connectivity index is 2.05. The van der Waals surface area contributed by atoms with Gasteiger partial charge in [-0.05, 0) is 19.1 Å². The Bertz CT molecular complexity index is 599. The van der Waals surface area contributed by atoms with E-state index in [4.69, 9.17) is 11.6 Å². The Morgan fingerprint density at radius 2 is 2.21 bits per heavy atom. The number of hydrogen-bond donors (Lipinski definition) is 2. The normalized spacial score (nSPS) is 10.3. The fourth-order valence-electron chi connectivity index (χ4n) is 1.50. The van der Waals surface area contributed by atoms with E-state index in [-0.39, 0.29) is 11.1 Å². The summed E-state index contributed by atoms with van der Waals surface area (Å²) in [4.78, 5) is 20.3. The van der Waals surface area contributed by atoms with Crippen LogP contribution < -0.4 is 10.6 Å². The average molecular weight is 297 g/mol. The maximum atomic E-state index is 12.0. The summed E-state index contributed by atoms with van der Waals surface area (Å²) in [6.45, 7) is 2.33. The number of pyridine rings is 1. The molecule has 2 rings (SSSR count). The Kier molecular flexibility index (Phi) is 4.34. The number of nitrogens with one attached hydrogen (secondary N) is 2. The van der Waals surface area contributed by atoms with E-state index in [0.717, 1.165) is 10.7 Å². The molecule has 100 valence electrons. The van der Waals surface area contributed by atoms with E-state index in [1.54, 1.807) is 13.1 Å². The highest BCUT2D eigenvalue weighted by atomic mass is 35.5. The van der Waals surface area contributed by atoms with Crippen LogP contribution in [0.5, 0.6) is 0 Å². The molecule has 0 bridgehead atoms. The fraction of sp³-hybridized carbons (Fsp3) is 0.250. The first-order valence-electron chi connectivity index (χ1n) is 5.63. The van der Waals surface area contributed by atoms with Crippen LogP contribution in [0.1, 0.15) is 21.1 Å². The number of carbonyl (C=O) groups is 1. The van der Waals surface area contributed by atoms with Crippen LogP contribution in [-0.2, 0) is 6.54 Å². The molecule has 0 aliphatic carbocycles. The first-order valence-corrected chi connectivity index (χ1v) is 6.89. The SMILES string of the molecule is CNc1cc(C(=O)NCc2nc(C)cs2)cc(Cl)n1. The maximum Gasteiger partial charge on any atom is 0.251 e. The molecule has 0 aliphatic rings. The van der Waals surface area contributed by atoms with Crippen molar-refractivity contribution in [2.75, 3.05) is 12.4 Å². The van der Waals surface area contributed by atoms with Crippen molar-refractivity contribution in [2.24, 2.45) is 0 Å². The van der Waals surface area contributed by atoms with E-state index in [2.05, 4.69) is 20.6 Å². The van der Waals surface area contributed by atoms with Gasteiger partial charge in [0.25, 0.3) is 5.91 Å². The zero-order valence-corrected chi connectivity index (χ0v) is 12.1. The Morgan fingerprint density at radius 1 is 1.42 bits per heavy atom. The molecule has 0 spiro atoms. The monoisotopic (exact) mass is 296 g/mol. The van der Waals surface area contributed by atoms with Gasteiger partial charge >= 0.3 is 0 Å². The number of rotatable bonds is 4. The number of thiazole rings is 1. The molecular weight excluding hydrogens is 284 g/mol. The minimum absolute atomic E-state index is 0.200. The number of aryl methyl sites for hydroxylation is 1. The van der Waals surface area contributed by atoms with E-state index in [0.29, 0.717) is 17.9 Å². The molecule has 0 saturated carbocycles. The summed E-state index contributed by atoms with van der Waals surface area (Å²) in [5.41, 5.74) is 1.43. The Morgan fingerprint density at radius 3 is 2.84 bits per heavy atom. The van der Waals surface area contributed by atoms with Crippen LogP contribution in [0, 0.1) is 6.92 Å². The summed E-state index contributed by atoms with van der Waals surface area (Å²) in [6.07, 6.45) is 0. The summed E-state index contributed by atoms with van der Waals surface area (Å²) >= 11 is 7.37. The molecule has 0 aliphatic heterocycles. The lowest BCUT2D eigenvalue weighted by molar-refractivity contribution is 0.0951. The molecule has 0 saturated heterocycles. The van der Waals surface area contributed by atoms with E-state index < -0.39 is 0 Å². The lowest BCUT2D eigenvalue weighted by Gasteiger charge is -2.06. The van der Waals surface area contributed by atoms with Crippen molar-refractivity contribution in [3.05, 3.63) is 38.9 Å². The number of aromatic nitrogens is 2. The van der Waals surface area contributed by atoms with E-state index in [1.807, 2.05) is 12.3 Å². The lowest BCUT2D eigenvalue weighted by atomic mass is 10.2. The van der Waals surface area contributed by atoms with Crippen molar-refractivity contribution >= 4 is 34.7 Å². The van der Waals surface area contributed by atoms with Gasteiger partial charge in [0.05, 0.1) is 6.54 Å². The number of halogens is 1. The molecule has 7 heteroatoms. The number of hydrogen-bond acceptors (Lipinski definition) is 5. The molecule has 2 N–H and O–H groups in total. The van der Waals surface area contributed by atoms with E-state index in [1.165, 1.54) is 17.4 Å². The second-order valence-electron chi connectivity index (χ2n) is 3.88. The maximum absolute atomic E-state index is 12.0.